The van der Waals surface area contributed by atoms with Gasteiger partial charge in [0, 0.05) is 23.7 Å². The summed E-state index contributed by atoms with van der Waals surface area (Å²) in [5.41, 5.74) is 6.28. The standard InChI is InChI=1S/C9H14N2O2S/c1-6-7(10)5-8(14-6)9(13)11-3-2-4-12/h5,12H,2-4,10H2,1H3,(H,11,13). The number of nitrogen functional groups attached to an aromatic ring is 1. The third-order valence-corrected chi connectivity index (χ3v) is 2.87. The number of anilines is 1. The van der Waals surface area contributed by atoms with E-state index in [-0.39, 0.29) is 12.5 Å². The highest BCUT2D eigenvalue weighted by Crippen LogP contribution is 2.22. The van der Waals surface area contributed by atoms with Crippen molar-refractivity contribution >= 4 is 22.9 Å². The minimum Gasteiger partial charge on any atom is -0.398 e. The number of aryl methyl sites for hydroxylation is 1. The Morgan fingerprint density at radius 3 is 2.93 bits per heavy atom. The number of nitrogens with two attached hydrogens (primary N) is 1. The Balaban J connectivity index is 2.52. The molecule has 0 atom stereocenters. The minimum absolute atomic E-state index is 0.0892. The summed E-state index contributed by atoms with van der Waals surface area (Å²) in [7, 11) is 0. The van der Waals surface area contributed by atoms with Crippen LogP contribution in [-0.4, -0.2) is 24.2 Å². The van der Waals surface area contributed by atoms with Gasteiger partial charge in [0.1, 0.15) is 0 Å². The molecule has 1 aromatic rings. The van der Waals surface area contributed by atoms with Crippen LogP contribution < -0.4 is 11.1 Å². The van der Waals surface area contributed by atoms with Gasteiger partial charge in [-0.25, -0.2) is 0 Å². The maximum Gasteiger partial charge on any atom is 0.261 e. The lowest BCUT2D eigenvalue weighted by atomic mass is 10.3. The van der Waals surface area contributed by atoms with Crippen LogP contribution in [0.25, 0.3) is 0 Å². The first-order chi connectivity index (χ1) is 6.65. The predicted octanol–water partition coefficient (Wildman–Crippen LogP) is 0.751. The normalized spacial score (nSPS) is 10.1. The fraction of sp³-hybridized carbons (Fsp3) is 0.444. The quantitative estimate of drug-likeness (QED) is 0.647. The lowest BCUT2D eigenvalue weighted by molar-refractivity contribution is 0.0955. The van der Waals surface area contributed by atoms with Gasteiger partial charge in [-0.15, -0.1) is 11.3 Å². The van der Waals surface area contributed by atoms with E-state index < -0.39 is 0 Å². The Morgan fingerprint density at radius 1 is 1.71 bits per heavy atom. The minimum atomic E-state index is -0.122. The molecule has 1 rings (SSSR count). The van der Waals surface area contributed by atoms with Gasteiger partial charge in [-0.1, -0.05) is 0 Å². The molecular weight excluding hydrogens is 200 g/mol. The topological polar surface area (TPSA) is 75.3 Å². The van der Waals surface area contributed by atoms with E-state index in [1.807, 2.05) is 6.92 Å². The second-order valence-electron chi connectivity index (χ2n) is 2.96. The number of nitrogens with one attached hydrogen (secondary N) is 1. The Bertz CT molecular complexity index is 303. The smallest absolute Gasteiger partial charge is 0.261 e. The van der Waals surface area contributed by atoms with Crippen molar-refractivity contribution in [3.05, 3.63) is 15.8 Å². The van der Waals surface area contributed by atoms with Crippen LogP contribution >= 0.6 is 11.3 Å². The lowest BCUT2D eigenvalue weighted by Gasteiger charge is -2.00. The van der Waals surface area contributed by atoms with Gasteiger partial charge in [0.05, 0.1) is 4.88 Å². The van der Waals surface area contributed by atoms with Gasteiger partial charge < -0.3 is 16.2 Å². The first-order valence-electron chi connectivity index (χ1n) is 4.40. The molecule has 1 aromatic heterocycles. The van der Waals surface area contributed by atoms with Crippen LogP contribution in [0, 0.1) is 6.92 Å². The van der Waals surface area contributed by atoms with Gasteiger partial charge in [-0.3, -0.25) is 4.79 Å². The summed E-state index contributed by atoms with van der Waals surface area (Å²) in [5.74, 6) is -0.122. The molecule has 0 unspecified atom stereocenters. The summed E-state index contributed by atoms with van der Waals surface area (Å²) < 4.78 is 0. The molecule has 0 fully saturated rings. The van der Waals surface area contributed by atoms with E-state index in [9.17, 15) is 4.79 Å². The van der Waals surface area contributed by atoms with Crippen LogP contribution in [0.5, 0.6) is 0 Å². The summed E-state index contributed by atoms with van der Waals surface area (Å²) in [6.07, 6.45) is 0.575. The number of carbonyl (C=O) groups excluding carboxylic acids is 1. The molecule has 0 saturated carbocycles. The van der Waals surface area contributed by atoms with Crippen molar-refractivity contribution in [3.8, 4) is 0 Å². The fourth-order valence-corrected chi connectivity index (χ4v) is 1.83. The monoisotopic (exact) mass is 214 g/mol. The highest BCUT2D eigenvalue weighted by molar-refractivity contribution is 7.14. The van der Waals surface area contributed by atoms with Gasteiger partial charge in [0.2, 0.25) is 0 Å². The number of hydrogen-bond donors (Lipinski definition) is 3. The van der Waals surface area contributed by atoms with E-state index in [1.165, 1.54) is 11.3 Å². The summed E-state index contributed by atoms with van der Waals surface area (Å²) in [6, 6.07) is 1.67. The molecule has 5 heteroatoms. The van der Waals surface area contributed by atoms with Crippen LogP contribution in [0.4, 0.5) is 5.69 Å². The number of thiophene rings is 1. The Morgan fingerprint density at radius 2 is 2.43 bits per heavy atom. The van der Waals surface area contributed by atoms with E-state index in [1.54, 1.807) is 6.07 Å². The van der Waals surface area contributed by atoms with E-state index >= 15 is 0 Å². The third-order valence-electron chi connectivity index (χ3n) is 1.80. The van der Waals surface area contributed by atoms with Crippen molar-refractivity contribution in [2.24, 2.45) is 0 Å². The zero-order valence-electron chi connectivity index (χ0n) is 8.04. The van der Waals surface area contributed by atoms with E-state index in [0.717, 1.165) is 4.88 Å². The van der Waals surface area contributed by atoms with Crippen LogP contribution in [0.1, 0.15) is 21.0 Å². The van der Waals surface area contributed by atoms with Crippen molar-refractivity contribution in [2.75, 3.05) is 18.9 Å². The molecule has 4 nitrogen and oxygen atoms in total. The van der Waals surface area contributed by atoms with Gasteiger partial charge >= 0.3 is 0 Å². The summed E-state index contributed by atoms with van der Waals surface area (Å²) >= 11 is 1.38. The van der Waals surface area contributed by atoms with Crippen molar-refractivity contribution < 1.29 is 9.90 Å². The summed E-state index contributed by atoms with van der Waals surface area (Å²) in [4.78, 5) is 13.0. The third kappa shape index (κ3) is 2.71. The van der Waals surface area contributed by atoms with E-state index in [0.29, 0.717) is 23.5 Å². The SMILES string of the molecule is Cc1sc(C(=O)NCCCO)cc1N. The van der Waals surface area contributed by atoms with Crippen molar-refractivity contribution in [2.45, 2.75) is 13.3 Å². The maximum absolute atomic E-state index is 11.4. The predicted molar refractivity (Wildman–Crippen MR) is 57.5 cm³/mol. The summed E-state index contributed by atoms with van der Waals surface area (Å²) in [6.45, 7) is 2.46. The van der Waals surface area contributed by atoms with Gasteiger partial charge in [-0.05, 0) is 19.4 Å². The number of aliphatic hydroxyl groups excluding tert-OH is 1. The summed E-state index contributed by atoms with van der Waals surface area (Å²) in [5, 5.41) is 11.2. The first kappa shape index (κ1) is 11.0. The molecule has 0 saturated heterocycles. The number of rotatable bonds is 4. The largest absolute Gasteiger partial charge is 0.398 e. The molecule has 0 spiro atoms. The van der Waals surface area contributed by atoms with Crippen molar-refractivity contribution in [1.29, 1.82) is 0 Å². The molecule has 1 heterocycles. The molecule has 14 heavy (non-hydrogen) atoms. The molecule has 4 N–H and O–H groups in total. The van der Waals surface area contributed by atoms with Crippen LogP contribution in [0.15, 0.2) is 6.07 Å². The lowest BCUT2D eigenvalue weighted by Crippen LogP contribution is -2.24. The molecule has 0 aliphatic rings. The molecule has 0 aromatic carbocycles. The molecule has 0 radical (unpaired) electrons. The van der Waals surface area contributed by atoms with Crippen LogP contribution in [0.2, 0.25) is 0 Å². The Hall–Kier alpha value is -1.07. The number of amides is 1. The zero-order chi connectivity index (χ0) is 10.6. The fourth-order valence-electron chi connectivity index (χ4n) is 0.976. The molecule has 0 aliphatic heterocycles. The zero-order valence-corrected chi connectivity index (χ0v) is 8.86. The van der Waals surface area contributed by atoms with Gasteiger partial charge in [-0.2, -0.15) is 0 Å². The highest BCUT2D eigenvalue weighted by atomic mass is 32.1. The van der Waals surface area contributed by atoms with Crippen molar-refractivity contribution in [1.82, 2.24) is 5.32 Å². The molecule has 1 amide bonds. The van der Waals surface area contributed by atoms with Gasteiger partial charge in [0.25, 0.3) is 5.91 Å². The van der Waals surface area contributed by atoms with Crippen LogP contribution in [-0.2, 0) is 0 Å². The second-order valence-corrected chi connectivity index (χ2v) is 4.21. The average Bonchev–Trinajstić information content (AvgIpc) is 2.47. The Labute approximate surface area is 86.7 Å². The van der Waals surface area contributed by atoms with E-state index in [4.69, 9.17) is 10.8 Å². The number of hydrogen-bond acceptors (Lipinski definition) is 4. The van der Waals surface area contributed by atoms with Crippen LogP contribution in [0.3, 0.4) is 0 Å². The Kier molecular flexibility index (Phi) is 3.91. The number of aliphatic hydroxyl groups is 1. The molecular formula is C9H14N2O2S. The second kappa shape index (κ2) is 4.97. The number of carbonyl (C=O) groups is 1. The molecule has 0 bridgehead atoms. The molecule has 78 valence electrons. The maximum atomic E-state index is 11.4. The first-order valence-corrected chi connectivity index (χ1v) is 5.21. The van der Waals surface area contributed by atoms with Crippen molar-refractivity contribution in [3.63, 3.8) is 0 Å². The highest BCUT2D eigenvalue weighted by Gasteiger charge is 2.09. The van der Waals surface area contributed by atoms with Gasteiger partial charge in [0.15, 0.2) is 0 Å². The molecule has 0 aliphatic carbocycles. The van der Waals surface area contributed by atoms with E-state index in [2.05, 4.69) is 5.32 Å². The average molecular weight is 214 g/mol.